The van der Waals surface area contributed by atoms with Gasteiger partial charge in [-0.05, 0) is 5.92 Å². The van der Waals surface area contributed by atoms with Crippen molar-refractivity contribution in [2.45, 2.75) is 26.1 Å². The third kappa shape index (κ3) is 3.81. The number of aliphatic hydroxyl groups is 1. The van der Waals surface area contributed by atoms with Crippen molar-refractivity contribution in [3.05, 3.63) is 0 Å². The molecule has 1 N–H and O–H groups in total. The normalized spacial score (nSPS) is 15.5. The van der Waals surface area contributed by atoms with Crippen LogP contribution >= 0.6 is 0 Å². The summed E-state index contributed by atoms with van der Waals surface area (Å²) < 4.78 is 0. The molecule has 1 amide bonds. The molecule has 0 saturated carbocycles. The Morgan fingerprint density at radius 2 is 1.87 bits per heavy atom. The summed E-state index contributed by atoms with van der Waals surface area (Å²) in [6.07, 6.45) is -0.830. The Hall–Kier alpha value is -0.585. The van der Waals surface area contributed by atoms with E-state index in [2.05, 4.69) is 0 Å². The molecule has 5 nitrogen and oxygen atoms in total. The van der Waals surface area contributed by atoms with E-state index in [0.29, 0.717) is 0 Å². The first-order valence-electron chi connectivity index (χ1n) is 5.01. The van der Waals surface area contributed by atoms with Crippen molar-refractivity contribution in [3.8, 4) is 0 Å². The number of nitrogens with zero attached hydrogens (tertiary/aromatic N) is 2. The maximum absolute atomic E-state index is 11.3. The lowest BCUT2D eigenvalue weighted by Crippen LogP contribution is -2.53. The van der Waals surface area contributed by atoms with Crippen LogP contribution in [0.2, 0.25) is 0 Å². The minimum Gasteiger partial charge on any atom is -0.374 e. The van der Waals surface area contributed by atoms with Crippen LogP contribution in [-0.2, 0) is 4.84 Å². The molecule has 0 rings (SSSR count). The number of hydroxylamine groups is 2. The van der Waals surface area contributed by atoms with Gasteiger partial charge >= 0.3 is 0 Å². The largest absolute Gasteiger partial charge is 0.374 e. The van der Waals surface area contributed by atoms with Crippen LogP contribution in [0.3, 0.4) is 0 Å². The van der Waals surface area contributed by atoms with Crippen molar-refractivity contribution >= 4 is 13.7 Å². The zero-order valence-corrected chi connectivity index (χ0v) is 10.4. The lowest BCUT2D eigenvalue weighted by atomic mass is 9.98. The zero-order valence-electron chi connectivity index (χ0n) is 10.4. The average Bonchev–Trinajstić information content (AvgIpc) is 2.15. The van der Waals surface area contributed by atoms with E-state index in [4.69, 9.17) is 4.84 Å². The monoisotopic (exact) mass is 216 g/mol. The van der Waals surface area contributed by atoms with Crippen molar-refractivity contribution in [3.63, 3.8) is 0 Å². The Morgan fingerprint density at radius 1 is 1.40 bits per heavy atom. The molecule has 0 radical (unpaired) electrons. The van der Waals surface area contributed by atoms with Gasteiger partial charge in [0.1, 0.15) is 6.23 Å². The SMILES string of the molecule is BC(=O)N(C)[C@@H](C(C)C)C(O)N(C)OC. The molecular weight excluding hydrogens is 195 g/mol. The summed E-state index contributed by atoms with van der Waals surface area (Å²) in [6, 6.07) is -0.285. The minimum absolute atomic E-state index is 0.0720. The van der Waals surface area contributed by atoms with Gasteiger partial charge in [0.25, 0.3) is 0 Å². The second-order valence-electron chi connectivity index (χ2n) is 4.01. The Kier molecular flexibility index (Phi) is 5.86. The van der Waals surface area contributed by atoms with Crippen molar-refractivity contribution in [1.29, 1.82) is 0 Å². The van der Waals surface area contributed by atoms with E-state index < -0.39 is 6.23 Å². The third-order valence-electron chi connectivity index (χ3n) is 2.59. The molecule has 0 saturated heterocycles. The fourth-order valence-electron chi connectivity index (χ4n) is 1.52. The number of hydrogen-bond donors (Lipinski definition) is 1. The number of rotatable bonds is 5. The number of likely N-dealkylation sites (N-methyl/N-ethyl adjacent to an activating group) is 2. The molecule has 0 spiro atoms. The van der Waals surface area contributed by atoms with E-state index in [0.717, 1.165) is 0 Å². The Bertz CT molecular complexity index is 214. The third-order valence-corrected chi connectivity index (χ3v) is 2.59. The second-order valence-corrected chi connectivity index (χ2v) is 4.01. The number of aliphatic hydroxyl groups excluding tert-OH is 1. The molecule has 0 bridgehead atoms. The molecular formula is C9H21BN2O3. The van der Waals surface area contributed by atoms with Crippen LogP contribution in [-0.4, -0.2) is 62.2 Å². The number of hydrogen-bond acceptors (Lipinski definition) is 4. The van der Waals surface area contributed by atoms with Gasteiger partial charge in [-0.15, -0.1) is 0 Å². The van der Waals surface area contributed by atoms with Gasteiger partial charge in [-0.3, -0.25) is 9.63 Å². The van der Waals surface area contributed by atoms with E-state index in [1.165, 1.54) is 24.9 Å². The van der Waals surface area contributed by atoms with Gasteiger partial charge in [0.15, 0.2) is 5.81 Å². The van der Waals surface area contributed by atoms with E-state index in [9.17, 15) is 9.90 Å². The molecule has 1 unspecified atom stereocenters. The van der Waals surface area contributed by atoms with Gasteiger partial charge in [-0.25, -0.2) is 0 Å². The quantitative estimate of drug-likeness (QED) is 0.382. The van der Waals surface area contributed by atoms with Gasteiger partial charge in [-0.2, -0.15) is 5.06 Å². The van der Waals surface area contributed by atoms with Crippen LogP contribution in [0.25, 0.3) is 0 Å². The molecule has 0 aromatic rings. The lowest BCUT2D eigenvalue weighted by Gasteiger charge is -2.37. The minimum atomic E-state index is -0.830. The number of amides is 1. The van der Waals surface area contributed by atoms with Crippen molar-refractivity contribution in [1.82, 2.24) is 9.96 Å². The summed E-state index contributed by atoms with van der Waals surface area (Å²) in [7, 11) is 6.27. The highest BCUT2D eigenvalue weighted by Crippen LogP contribution is 2.15. The van der Waals surface area contributed by atoms with Crippen LogP contribution in [0.5, 0.6) is 0 Å². The van der Waals surface area contributed by atoms with E-state index in [-0.39, 0.29) is 17.8 Å². The van der Waals surface area contributed by atoms with Crippen LogP contribution in [0.15, 0.2) is 0 Å². The van der Waals surface area contributed by atoms with Crippen LogP contribution in [0, 0.1) is 5.92 Å². The number of carbonyl (C=O) groups excluding carboxylic acids is 1. The molecule has 0 aliphatic heterocycles. The smallest absolute Gasteiger partial charge is 0.215 e. The highest BCUT2D eigenvalue weighted by atomic mass is 16.7. The average molecular weight is 216 g/mol. The molecule has 0 aromatic carbocycles. The van der Waals surface area contributed by atoms with Gasteiger partial charge < -0.3 is 10.0 Å². The summed E-state index contributed by atoms with van der Waals surface area (Å²) in [5, 5.41) is 11.3. The summed E-state index contributed by atoms with van der Waals surface area (Å²) in [5.74, 6) is 0.0729. The lowest BCUT2D eigenvalue weighted by molar-refractivity contribution is -0.222. The van der Waals surface area contributed by atoms with E-state index >= 15 is 0 Å². The summed E-state index contributed by atoms with van der Waals surface area (Å²) >= 11 is 0. The molecule has 0 aliphatic carbocycles. The molecule has 0 heterocycles. The summed E-state index contributed by atoms with van der Waals surface area (Å²) in [4.78, 5) is 17.7. The maximum Gasteiger partial charge on any atom is 0.215 e. The molecule has 0 aliphatic rings. The Balaban J connectivity index is 4.73. The number of carbonyl (C=O) groups is 1. The van der Waals surface area contributed by atoms with E-state index in [1.807, 2.05) is 13.8 Å². The van der Waals surface area contributed by atoms with Crippen molar-refractivity contribution < 1.29 is 14.7 Å². The Labute approximate surface area is 92.4 Å². The van der Waals surface area contributed by atoms with Crippen LogP contribution in [0.1, 0.15) is 13.8 Å². The highest BCUT2D eigenvalue weighted by molar-refractivity contribution is 6.56. The molecule has 15 heavy (non-hydrogen) atoms. The van der Waals surface area contributed by atoms with Crippen LogP contribution < -0.4 is 0 Å². The predicted octanol–water partition coefficient (Wildman–Crippen LogP) is -0.492. The van der Waals surface area contributed by atoms with Crippen molar-refractivity contribution in [2.75, 3.05) is 21.2 Å². The summed E-state index contributed by atoms with van der Waals surface area (Å²) in [6.45, 7) is 3.91. The molecule has 6 heteroatoms. The van der Waals surface area contributed by atoms with Gasteiger partial charge in [0.05, 0.1) is 13.2 Å². The first-order valence-corrected chi connectivity index (χ1v) is 5.01. The van der Waals surface area contributed by atoms with Crippen LogP contribution in [0.4, 0.5) is 4.79 Å². The van der Waals surface area contributed by atoms with Crippen molar-refractivity contribution in [2.24, 2.45) is 5.92 Å². The first kappa shape index (κ1) is 14.4. The highest BCUT2D eigenvalue weighted by Gasteiger charge is 2.30. The van der Waals surface area contributed by atoms with Gasteiger partial charge in [-0.1, -0.05) is 13.8 Å². The second kappa shape index (κ2) is 6.10. The molecule has 0 aromatic heterocycles. The standard InChI is InChI=1S/C9H21BN2O3/c1-6(2)7(11(3)9(10)14)8(13)12(4)15-5/h6-8,13H,10H2,1-5H3/t7-,8?/m0/s1. The Morgan fingerprint density at radius 3 is 2.13 bits per heavy atom. The molecule has 88 valence electrons. The topological polar surface area (TPSA) is 53.0 Å². The zero-order chi connectivity index (χ0) is 12.2. The van der Waals surface area contributed by atoms with E-state index in [1.54, 1.807) is 14.1 Å². The fraction of sp³-hybridized carbons (Fsp3) is 0.889. The summed E-state index contributed by atoms with van der Waals surface area (Å²) in [5.41, 5.74) is 0. The molecule has 2 atom stereocenters. The maximum atomic E-state index is 11.3. The first-order chi connectivity index (χ1) is 6.82. The fourth-order valence-corrected chi connectivity index (χ4v) is 1.52. The predicted molar refractivity (Wildman–Crippen MR) is 61.1 cm³/mol. The molecule has 0 fully saturated rings. The van der Waals surface area contributed by atoms with Gasteiger partial charge in [0, 0.05) is 14.1 Å². The van der Waals surface area contributed by atoms with Gasteiger partial charge in [0.2, 0.25) is 7.85 Å².